The highest BCUT2D eigenvalue weighted by Crippen LogP contribution is 2.26. The highest BCUT2D eigenvalue weighted by Gasteiger charge is 2.03. The molecular formula is C14H15ClNO. The van der Waals surface area contributed by atoms with Crippen LogP contribution in [0.5, 0.6) is 5.75 Å². The summed E-state index contributed by atoms with van der Waals surface area (Å²) in [6, 6.07) is 7.54. The van der Waals surface area contributed by atoms with Crippen LogP contribution in [0.15, 0.2) is 30.5 Å². The van der Waals surface area contributed by atoms with Gasteiger partial charge in [0.25, 0.3) is 0 Å². The standard InChI is InChI=1S/C14H15ClNO/c1-2-3-4-9-17-14-7-8-16-13-10-11(15)5-6-12(13)14/h5-8,10H,1-4,9H2. The summed E-state index contributed by atoms with van der Waals surface area (Å²) in [4.78, 5) is 4.27. The van der Waals surface area contributed by atoms with Crippen molar-refractivity contribution in [3.8, 4) is 5.75 Å². The molecule has 0 aliphatic heterocycles. The number of unbranched alkanes of at least 4 members (excludes halogenated alkanes) is 2. The van der Waals surface area contributed by atoms with Gasteiger partial charge in [0.05, 0.1) is 12.1 Å². The average Bonchev–Trinajstić information content (AvgIpc) is 2.34. The van der Waals surface area contributed by atoms with Gasteiger partial charge in [-0.15, -0.1) is 0 Å². The molecule has 1 heterocycles. The van der Waals surface area contributed by atoms with Crippen molar-refractivity contribution in [2.75, 3.05) is 6.61 Å². The Morgan fingerprint density at radius 2 is 2.12 bits per heavy atom. The van der Waals surface area contributed by atoms with E-state index in [1.54, 1.807) is 6.20 Å². The molecule has 89 valence electrons. The van der Waals surface area contributed by atoms with E-state index in [-0.39, 0.29) is 0 Å². The molecule has 0 aliphatic carbocycles. The van der Waals surface area contributed by atoms with Crippen LogP contribution in [-0.2, 0) is 0 Å². The molecule has 0 N–H and O–H groups in total. The van der Waals surface area contributed by atoms with Crippen LogP contribution in [0.4, 0.5) is 0 Å². The second-order valence-electron chi connectivity index (χ2n) is 3.88. The first-order chi connectivity index (χ1) is 8.31. The first-order valence-electron chi connectivity index (χ1n) is 5.77. The van der Waals surface area contributed by atoms with Crippen LogP contribution in [0.2, 0.25) is 5.02 Å². The summed E-state index contributed by atoms with van der Waals surface area (Å²) in [5.74, 6) is 0.871. The van der Waals surface area contributed by atoms with Crippen molar-refractivity contribution in [1.29, 1.82) is 0 Å². The first-order valence-corrected chi connectivity index (χ1v) is 6.15. The summed E-state index contributed by atoms with van der Waals surface area (Å²) in [7, 11) is 0. The van der Waals surface area contributed by atoms with Gasteiger partial charge < -0.3 is 4.74 Å². The highest BCUT2D eigenvalue weighted by molar-refractivity contribution is 6.31. The summed E-state index contributed by atoms with van der Waals surface area (Å²) in [5.41, 5.74) is 0.868. The minimum Gasteiger partial charge on any atom is -0.493 e. The zero-order valence-electron chi connectivity index (χ0n) is 9.66. The second-order valence-corrected chi connectivity index (χ2v) is 4.32. The van der Waals surface area contributed by atoms with Gasteiger partial charge in [0, 0.05) is 16.6 Å². The Bertz CT molecular complexity index is 499. The summed E-state index contributed by atoms with van der Waals surface area (Å²) in [6.07, 6.45) is 4.82. The Hall–Kier alpha value is -1.28. The van der Waals surface area contributed by atoms with Crippen molar-refractivity contribution in [2.24, 2.45) is 0 Å². The van der Waals surface area contributed by atoms with Crippen LogP contribution >= 0.6 is 11.6 Å². The quantitative estimate of drug-likeness (QED) is 0.737. The van der Waals surface area contributed by atoms with Gasteiger partial charge in [0.2, 0.25) is 0 Å². The minimum absolute atomic E-state index is 0.694. The Morgan fingerprint density at radius 1 is 1.24 bits per heavy atom. The summed E-state index contributed by atoms with van der Waals surface area (Å²) in [5, 5.41) is 1.70. The van der Waals surface area contributed by atoms with Gasteiger partial charge in [-0.3, -0.25) is 4.98 Å². The van der Waals surface area contributed by atoms with Crippen LogP contribution in [-0.4, -0.2) is 11.6 Å². The van der Waals surface area contributed by atoms with Crippen LogP contribution < -0.4 is 4.74 Å². The number of aromatic nitrogens is 1. The third kappa shape index (κ3) is 3.10. The lowest BCUT2D eigenvalue weighted by molar-refractivity contribution is 0.310. The maximum Gasteiger partial charge on any atom is 0.130 e. The Labute approximate surface area is 107 Å². The smallest absolute Gasteiger partial charge is 0.130 e. The van der Waals surface area contributed by atoms with Gasteiger partial charge in [-0.2, -0.15) is 0 Å². The van der Waals surface area contributed by atoms with Crippen molar-refractivity contribution in [3.05, 3.63) is 42.4 Å². The lowest BCUT2D eigenvalue weighted by Crippen LogP contribution is -1.98. The largest absolute Gasteiger partial charge is 0.493 e. The van der Waals surface area contributed by atoms with E-state index >= 15 is 0 Å². The number of ether oxygens (including phenoxy) is 1. The number of hydrogen-bond acceptors (Lipinski definition) is 2. The van der Waals surface area contributed by atoms with Gasteiger partial charge in [0.15, 0.2) is 0 Å². The first kappa shape index (κ1) is 12.2. The molecule has 1 aromatic heterocycles. The van der Waals surface area contributed by atoms with E-state index in [2.05, 4.69) is 11.9 Å². The van der Waals surface area contributed by atoms with E-state index in [0.29, 0.717) is 5.02 Å². The van der Waals surface area contributed by atoms with E-state index in [1.165, 1.54) is 0 Å². The maximum atomic E-state index is 5.93. The molecule has 0 saturated heterocycles. The normalized spacial score (nSPS) is 10.7. The zero-order chi connectivity index (χ0) is 12.1. The lowest BCUT2D eigenvalue weighted by atomic mass is 10.2. The molecule has 2 rings (SSSR count). The summed E-state index contributed by atoms with van der Waals surface area (Å²) in [6.45, 7) is 4.53. The maximum absolute atomic E-state index is 5.93. The molecule has 0 atom stereocenters. The molecule has 0 amide bonds. The Kier molecular flexibility index (Phi) is 4.21. The Morgan fingerprint density at radius 3 is 2.94 bits per heavy atom. The van der Waals surface area contributed by atoms with E-state index in [1.807, 2.05) is 24.3 Å². The molecule has 0 spiro atoms. The van der Waals surface area contributed by atoms with E-state index in [0.717, 1.165) is 42.5 Å². The average molecular weight is 249 g/mol. The van der Waals surface area contributed by atoms with Crippen LogP contribution in [0.3, 0.4) is 0 Å². The lowest BCUT2D eigenvalue weighted by Gasteiger charge is -2.08. The molecule has 0 bridgehead atoms. The van der Waals surface area contributed by atoms with Crippen molar-refractivity contribution < 1.29 is 4.74 Å². The molecule has 2 aromatic rings. The molecule has 0 fully saturated rings. The minimum atomic E-state index is 0.694. The van der Waals surface area contributed by atoms with Crippen LogP contribution in [0.1, 0.15) is 19.3 Å². The molecule has 0 aliphatic rings. The molecule has 2 nitrogen and oxygen atoms in total. The molecule has 0 unspecified atom stereocenters. The number of halogens is 1. The topological polar surface area (TPSA) is 22.1 Å². The summed E-state index contributed by atoms with van der Waals surface area (Å²) >= 11 is 5.93. The predicted molar refractivity (Wildman–Crippen MR) is 71.5 cm³/mol. The van der Waals surface area contributed by atoms with E-state index in [4.69, 9.17) is 16.3 Å². The SMILES string of the molecule is [CH2]CCCCOc1ccnc2cc(Cl)ccc12. The number of fused-ring (bicyclic) bond motifs is 1. The van der Waals surface area contributed by atoms with Crippen molar-refractivity contribution >= 4 is 22.5 Å². The van der Waals surface area contributed by atoms with E-state index < -0.39 is 0 Å². The number of benzene rings is 1. The fourth-order valence-electron chi connectivity index (χ4n) is 1.68. The van der Waals surface area contributed by atoms with Crippen molar-refractivity contribution in [1.82, 2.24) is 4.98 Å². The van der Waals surface area contributed by atoms with Crippen LogP contribution in [0.25, 0.3) is 10.9 Å². The van der Waals surface area contributed by atoms with Gasteiger partial charge in [-0.05, 0) is 30.7 Å². The fraction of sp³-hybridized carbons (Fsp3) is 0.286. The van der Waals surface area contributed by atoms with Crippen molar-refractivity contribution in [2.45, 2.75) is 19.3 Å². The molecule has 1 aromatic carbocycles. The van der Waals surface area contributed by atoms with Gasteiger partial charge in [-0.1, -0.05) is 31.4 Å². The number of hydrogen-bond donors (Lipinski definition) is 0. The number of rotatable bonds is 5. The highest BCUT2D eigenvalue weighted by atomic mass is 35.5. The monoisotopic (exact) mass is 248 g/mol. The number of pyridine rings is 1. The van der Waals surface area contributed by atoms with Crippen molar-refractivity contribution in [3.63, 3.8) is 0 Å². The van der Waals surface area contributed by atoms with Gasteiger partial charge in [-0.25, -0.2) is 0 Å². The zero-order valence-corrected chi connectivity index (χ0v) is 10.4. The molecule has 0 saturated carbocycles. The predicted octanol–water partition coefficient (Wildman–Crippen LogP) is 4.27. The summed E-state index contributed by atoms with van der Waals surface area (Å²) < 4.78 is 5.75. The van der Waals surface area contributed by atoms with Gasteiger partial charge >= 0.3 is 0 Å². The molecule has 1 radical (unpaired) electrons. The number of nitrogens with zero attached hydrogens (tertiary/aromatic N) is 1. The van der Waals surface area contributed by atoms with Crippen LogP contribution in [0, 0.1) is 6.92 Å². The second kappa shape index (κ2) is 5.87. The van der Waals surface area contributed by atoms with E-state index in [9.17, 15) is 0 Å². The fourth-order valence-corrected chi connectivity index (χ4v) is 1.85. The molecule has 17 heavy (non-hydrogen) atoms. The molecular weight excluding hydrogens is 234 g/mol. The Balaban J connectivity index is 2.16. The third-order valence-corrected chi connectivity index (χ3v) is 2.80. The van der Waals surface area contributed by atoms with Gasteiger partial charge in [0.1, 0.15) is 5.75 Å². The third-order valence-electron chi connectivity index (χ3n) is 2.57. The molecule has 3 heteroatoms.